The minimum atomic E-state index is -3.55. The maximum absolute atomic E-state index is 12.7. The highest BCUT2D eigenvalue weighted by molar-refractivity contribution is 7.92. The van der Waals surface area contributed by atoms with Crippen molar-refractivity contribution in [2.75, 3.05) is 10.8 Å². The number of nitrogens with two attached hydrogens (primary N) is 1. The molecule has 0 aliphatic carbocycles. The van der Waals surface area contributed by atoms with Crippen molar-refractivity contribution in [3.8, 4) is 0 Å². The van der Waals surface area contributed by atoms with Crippen molar-refractivity contribution >= 4 is 15.7 Å². The number of aromatic nitrogens is 2. The van der Waals surface area contributed by atoms with Gasteiger partial charge >= 0.3 is 0 Å². The molecular formula is C14H18N4O2S. The molecule has 7 heteroatoms. The zero-order valence-corrected chi connectivity index (χ0v) is 12.8. The van der Waals surface area contributed by atoms with E-state index in [0.29, 0.717) is 13.0 Å². The van der Waals surface area contributed by atoms with Gasteiger partial charge in [-0.2, -0.15) is 5.10 Å². The quantitative estimate of drug-likeness (QED) is 0.923. The molecule has 0 amide bonds. The number of hydrogen-bond acceptors (Lipinski definition) is 4. The number of benzene rings is 1. The summed E-state index contributed by atoms with van der Waals surface area (Å²) in [6.07, 6.45) is 3.60. The molecule has 1 atom stereocenters. The summed E-state index contributed by atoms with van der Waals surface area (Å²) in [7, 11) is -1.85. The van der Waals surface area contributed by atoms with Gasteiger partial charge in [-0.3, -0.25) is 8.99 Å². The first-order chi connectivity index (χ1) is 9.89. The van der Waals surface area contributed by atoms with Crippen molar-refractivity contribution < 1.29 is 8.42 Å². The van der Waals surface area contributed by atoms with E-state index >= 15 is 0 Å². The fraction of sp³-hybridized carbons (Fsp3) is 0.357. The molecule has 0 fully saturated rings. The molecule has 0 spiro atoms. The molecule has 2 heterocycles. The van der Waals surface area contributed by atoms with Crippen molar-refractivity contribution in [2.24, 2.45) is 12.8 Å². The van der Waals surface area contributed by atoms with Gasteiger partial charge in [0.05, 0.1) is 11.9 Å². The number of nitrogens with zero attached hydrogens (tertiary/aromatic N) is 3. The Balaban J connectivity index is 2.01. The number of sulfonamides is 1. The van der Waals surface area contributed by atoms with Crippen LogP contribution in [-0.2, 0) is 23.5 Å². The number of hydrogen-bond donors (Lipinski definition) is 1. The van der Waals surface area contributed by atoms with Crippen LogP contribution in [0.3, 0.4) is 0 Å². The summed E-state index contributed by atoms with van der Waals surface area (Å²) < 4.78 is 28.3. The Morgan fingerprint density at radius 2 is 2.14 bits per heavy atom. The Hall–Kier alpha value is -1.86. The Bertz CT molecular complexity index is 780. The van der Waals surface area contributed by atoms with Gasteiger partial charge in [0.15, 0.2) is 0 Å². The van der Waals surface area contributed by atoms with E-state index < -0.39 is 10.0 Å². The van der Waals surface area contributed by atoms with Gasteiger partial charge in [-0.15, -0.1) is 0 Å². The van der Waals surface area contributed by atoms with Gasteiger partial charge in [0, 0.05) is 25.8 Å². The number of fused-ring (bicyclic) bond motifs is 1. The summed E-state index contributed by atoms with van der Waals surface area (Å²) in [5.41, 5.74) is 8.67. The molecule has 1 aliphatic heterocycles. The van der Waals surface area contributed by atoms with Crippen LogP contribution in [0.5, 0.6) is 0 Å². The number of rotatable bonds is 3. The second-order valence-electron chi connectivity index (χ2n) is 5.35. The highest BCUT2D eigenvalue weighted by Gasteiger charge is 2.31. The highest BCUT2D eigenvalue weighted by Crippen LogP contribution is 2.34. The van der Waals surface area contributed by atoms with E-state index in [-0.39, 0.29) is 10.9 Å². The SMILES string of the molecule is CC(N)c1ccc2c(c1)CCN2S(=O)(=O)c1cnn(C)c1. The molecule has 112 valence electrons. The predicted octanol–water partition coefficient (Wildman–Crippen LogP) is 1.19. The maximum Gasteiger partial charge on any atom is 0.267 e. The van der Waals surface area contributed by atoms with E-state index in [0.717, 1.165) is 16.8 Å². The molecule has 21 heavy (non-hydrogen) atoms. The van der Waals surface area contributed by atoms with Crippen LogP contribution in [0.1, 0.15) is 24.1 Å². The molecule has 2 N–H and O–H groups in total. The van der Waals surface area contributed by atoms with Crippen LogP contribution in [-0.4, -0.2) is 24.7 Å². The van der Waals surface area contributed by atoms with Crippen molar-refractivity contribution in [1.82, 2.24) is 9.78 Å². The topological polar surface area (TPSA) is 81.2 Å². The largest absolute Gasteiger partial charge is 0.324 e. The number of aryl methyl sites for hydroxylation is 1. The van der Waals surface area contributed by atoms with Crippen LogP contribution in [0.2, 0.25) is 0 Å². The average Bonchev–Trinajstić information content (AvgIpc) is 3.04. The zero-order chi connectivity index (χ0) is 15.2. The number of anilines is 1. The molecular weight excluding hydrogens is 288 g/mol. The summed E-state index contributed by atoms with van der Waals surface area (Å²) in [6, 6.07) is 5.67. The second kappa shape index (κ2) is 4.85. The fourth-order valence-electron chi connectivity index (χ4n) is 2.58. The Labute approximate surface area is 124 Å². The third-order valence-corrected chi connectivity index (χ3v) is 5.52. The summed E-state index contributed by atoms with van der Waals surface area (Å²) in [6.45, 7) is 2.37. The molecule has 6 nitrogen and oxygen atoms in total. The van der Waals surface area contributed by atoms with E-state index in [1.807, 2.05) is 25.1 Å². The van der Waals surface area contributed by atoms with Gasteiger partial charge in [0.1, 0.15) is 4.90 Å². The molecule has 0 radical (unpaired) electrons. The van der Waals surface area contributed by atoms with Gasteiger partial charge < -0.3 is 5.73 Å². The summed E-state index contributed by atoms with van der Waals surface area (Å²) in [5.74, 6) is 0. The minimum Gasteiger partial charge on any atom is -0.324 e. The van der Waals surface area contributed by atoms with E-state index in [2.05, 4.69) is 5.10 Å². The van der Waals surface area contributed by atoms with Gasteiger partial charge in [-0.05, 0) is 30.5 Å². The molecule has 1 aromatic carbocycles. The fourth-order valence-corrected chi connectivity index (χ4v) is 4.07. The Morgan fingerprint density at radius 3 is 2.76 bits per heavy atom. The van der Waals surface area contributed by atoms with Crippen LogP contribution < -0.4 is 10.0 Å². The zero-order valence-electron chi connectivity index (χ0n) is 12.0. The van der Waals surface area contributed by atoms with Crippen LogP contribution in [0.25, 0.3) is 0 Å². The first-order valence-corrected chi connectivity index (χ1v) is 8.23. The molecule has 0 saturated heterocycles. The second-order valence-corrected chi connectivity index (χ2v) is 7.22. The summed E-state index contributed by atoms with van der Waals surface area (Å²) >= 11 is 0. The van der Waals surface area contributed by atoms with Crippen molar-refractivity contribution in [3.63, 3.8) is 0 Å². The highest BCUT2D eigenvalue weighted by atomic mass is 32.2. The first-order valence-electron chi connectivity index (χ1n) is 6.79. The van der Waals surface area contributed by atoms with Crippen LogP contribution >= 0.6 is 0 Å². The standard InChI is InChI=1S/C14H18N4O2S/c1-10(15)11-3-4-14-12(7-11)5-6-18(14)21(19,20)13-8-16-17(2)9-13/h3-4,7-10H,5-6,15H2,1-2H3. The van der Waals surface area contributed by atoms with E-state index in [4.69, 9.17) is 5.73 Å². The molecule has 3 rings (SSSR count). The average molecular weight is 306 g/mol. The molecule has 0 saturated carbocycles. The van der Waals surface area contributed by atoms with Crippen molar-refractivity contribution in [3.05, 3.63) is 41.7 Å². The lowest BCUT2D eigenvalue weighted by Crippen LogP contribution is -2.28. The Morgan fingerprint density at radius 1 is 1.38 bits per heavy atom. The first kappa shape index (κ1) is 14.1. The van der Waals surface area contributed by atoms with Crippen molar-refractivity contribution in [2.45, 2.75) is 24.3 Å². The smallest absolute Gasteiger partial charge is 0.267 e. The molecule has 2 aromatic rings. The lowest BCUT2D eigenvalue weighted by atomic mass is 10.0. The lowest BCUT2D eigenvalue weighted by molar-refractivity contribution is 0.592. The summed E-state index contributed by atoms with van der Waals surface area (Å²) in [5, 5.41) is 3.94. The van der Waals surface area contributed by atoms with E-state index in [1.54, 1.807) is 7.05 Å². The van der Waals surface area contributed by atoms with Crippen LogP contribution in [0.15, 0.2) is 35.5 Å². The monoisotopic (exact) mass is 306 g/mol. The minimum absolute atomic E-state index is 0.0562. The predicted molar refractivity (Wildman–Crippen MR) is 80.5 cm³/mol. The molecule has 0 bridgehead atoms. The van der Waals surface area contributed by atoms with E-state index in [9.17, 15) is 8.42 Å². The Kier molecular flexibility index (Phi) is 3.26. The van der Waals surface area contributed by atoms with E-state index in [1.165, 1.54) is 21.4 Å². The molecule has 1 unspecified atom stereocenters. The van der Waals surface area contributed by atoms with Gasteiger partial charge in [0.25, 0.3) is 10.0 Å². The molecule has 1 aliphatic rings. The van der Waals surface area contributed by atoms with Crippen LogP contribution in [0, 0.1) is 0 Å². The van der Waals surface area contributed by atoms with Crippen molar-refractivity contribution in [1.29, 1.82) is 0 Å². The maximum atomic E-state index is 12.7. The third kappa shape index (κ3) is 2.32. The van der Waals surface area contributed by atoms with Gasteiger partial charge in [-0.1, -0.05) is 12.1 Å². The van der Waals surface area contributed by atoms with Gasteiger partial charge in [0.2, 0.25) is 0 Å². The third-order valence-electron chi connectivity index (χ3n) is 3.75. The molecule has 1 aromatic heterocycles. The van der Waals surface area contributed by atoms with Crippen LogP contribution in [0.4, 0.5) is 5.69 Å². The van der Waals surface area contributed by atoms with Gasteiger partial charge in [-0.25, -0.2) is 8.42 Å². The summed E-state index contributed by atoms with van der Waals surface area (Å²) in [4.78, 5) is 0.217. The normalized spacial score (nSPS) is 16.0. The lowest BCUT2D eigenvalue weighted by Gasteiger charge is -2.19.